The lowest BCUT2D eigenvalue weighted by Gasteiger charge is -2.34. The highest BCUT2D eigenvalue weighted by Gasteiger charge is 2.25. The monoisotopic (exact) mass is 366 g/mol. The molecule has 2 heterocycles. The Balaban J connectivity index is 1.46. The lowest BCUT2D eigenvalue weighted by atomic mass is 10.0. The van der Waals surface area contributed by atoms with E-state index >= 15 is 0 Å². The van der Waals surface area contributed by atoms with Gasteiger partial charge in [0.15, 0.2) is 5.78 Å². The van der Waals surface area contributed by atoms with Crippen LogP contribution < -0.4 is 0 Å². The Hall–Kier alpha value is -3.09. The van der Waals surface area contributed by atoms with Gasteiger partial charge in [-0.05, 0) is 6.92 Å². The number of amides is 2. The molecule has 27 heavy (non-hydrogen) atoms. The molecule has 0 radical (unpaired) electrons. The minimum absolute atomic E-state index is 0.0279. The molecule has 1 aliphatic heterocycles. The first kappa shape index (κ1) is 18.7. The Morgan fingerprint density at radius 3 is 2.22 bits per heavy atom. The molecule has 0 spiro atoms. The zero-order chi connectivity index (χ0) is 19.2. The summed E-state index contributed by atoms with van der Waals surface area (Å²) in [4.78, 5) is 48.2. The summed E-state index contributed by atoms with van der Waals surface area (Å²) in [7, 11) is 0. The number of rotatable bonds is 5. The van der Waals surface area contributed by atoms with Crippen LogP contribution in [0.15, 0.2) is 42.9 Å². The Morgan fingerprint density at radius 2 is 1.59 bits per heavy atom. The molecule has 2 amide bonds. The molecule has 0 aliphatic carbocycles. The largest absolute Gasteiger partial charge is 0.339 e. The Kier molecular flexibility index (Phi) is 5.90. The predicted molar refractivity (Wildman–Crippen MR) is 99.3 cm³/mol. The van der Waals surface area contributed by atoms with Crippen LogP contribution in [0, 0.1) is 6.92 Å². The van der Waals surface area contributed by atoms with Crippen molar-refractivity contribution in [2.75, 3.05) is 26.2 Å². The highest BCUT2D eigenvalue weighted by Crippen LogP contribution is 2.11. The van der Waals surface area contributed by atoms with Crippen molar-refractivity contribution in [1.29, 1.82) is 0 Å². The van der Waals surface area contributed by atoms with Gasteiger partial charge < -0.3 is 9.80 Å². The number of aryl methyl sites for hydroxylation is 1. The molecular formula is C20H22N4O3. The van der Waals surface area contributed by atoms with E-state index in [4.69, 9.17) is 0 Å². The van der Waals surface area contributed by atoms with Gasteiger partial charge in [-0.25, -0.2) is 4.98 Å². The molecule has 1 aromatic heterocycles. The number of aromatic nitrogens is 2. The van der Waals surface area contributed by atoms with E-state index in [-0.39, 0.29) is 30.4 Å². The molecule has 7 heteroatoms. The fourth-order valence-electron chi connectivity index (χ4n) is 2.99. The maximum Gasteiger partial charge on any atom is 0.274 e. The van der Waals surface area contributed by atoms with E-state index in [9.17, 15) is 14.4 Å². The summed E-state index contributed by atoms with van der Waals surface area (Å²) in [6.45, 7) is 3.79. The van der Waals surface area contributed by atoms with Crippen LogP contribution in [0.25, 0.3) is 0 Å². The van der Waals surface area contributed by atoms with E-state index in [1.54, 1.807) is 21.9 Å². The number of Topliss-reactive ketones (excluding diaryl/α,β-unsaturated/α-hetero) is 1. The van der Waals surface area contributed by atoms with E-state index in [2.05, 4.69) is 9.97 Å². The van der Waals surface area contributed by atoms with Crippen molar-refractivity contribution in [2.45, 2.75) is 19.8 Å². The third-order valence-corrected chi connectivity index (χ3v) is 4.64. The number of hydrogen-bond acceptors (Lipinski definition) is 5. The number of ketones is 1. The molecule has 0 bridgehead atoms. The number of carbonyl (C=O) groups is 3. The molecule has 3 rings (SSSR count). The summed E-state index contributed by atoms with van der Waals surface area (Å²) >= 11 is 0. The highest BCUT2D eigenvalue weighted by atomic mass is 16.2. The SMILES string of the molecule is Cc1ccc(C(=O)CCC(=O)N2CCN(C(=O)c3cnccn3)CC2)cc1. The standard InChI is InChI=1S/C20H22N4O3/c1-15-2-4-16(5-3-15)18(25)6-7-19(26)23-10-12-24(13-11-23)20(27)17-14-21-8-9-22-17/h2-5,8-9,14H,6-7,10-13H2,1H3. The van der Waals surface area contributed by atoms with E-state index in [1.165, 1.54) is 18.6 Å². The predicted octanol–water partition coefficient (Wildman–Crippen LogP) is 1.73. The van der Waals surface area contributed by atoms with Crippen LogP contribution in [-0.4, -0.2) is 63.5 Å². The van der Waals surface area contributed by atoms with Crippen LogP contribution in [-0.2, 0) is 4.79 Å². The van der Waals surface area contributed by atoms with Crippen molar-refractivity contribution in [1.82, 2.24) is 19.8 Å². The molecule has 1 saturated heterocycles. The lowest BCUT2D eigenvalue weighted by molar-refractivity contribution is -0.132. The van der Waals surface area contributed by atoms with E-state index < -0.39 is 0 Å². The van der Waals surface area contributed by atoms with Crippen LogP contribution in [0.1, 0.15) is 39.3 Å². The second kappa shape index (κ2) is 8.53. The fourth-order valence-corrected chi connectivity index (χ4v) is 2.99. The van der Waals surface area contributed by atoms with Crippen LogP contribution >= 0.6 is 0 Å². The maximum atomic E-state index is 12.4. The van der Waals surface area contributed by atoms with Gasteiger partial charge >= 0.3 is 0 Å². The number of benzene rings is 1. The van der Waals surface area contributed by atoms with Crippen LogP contribution in [0.2, 0.25) is 0 Å². The number of hydrogen-bond donors (Lipinski definition) is 0. The zero-order valence-corrected chi connectivity index (χ0v) is 15.3. The van der Waals surface area contributed by atoms with Gasteiger partial charge in [0, 0.05) is 57.0 Å². The first-order valence-corrected chi connectivity index (χ1v) is 8.97. The van der Waals surface area contributed by atoms with Crippen LogP contribution in [0.3, 0.4) is 0 Å². The number of piperazine rings is 1. The van der Waals surface area contributed by atoms with Gasteiger partial charge in [0.1, 0.15) is 5.69 Å². The molecule has 1 aliphatic rings. The van der Waals surface area contributed by atoms with E-state index in [0.717, 1.165) is 5.56 Å². The molecule has 0 N–H and O–H groups in total. The summed E-state index contributed by atoms with van der Waals surface area (Å²) in [5.74, 6) is -0.258. The van der Waals surface area contributed by atoms with Gasteiger partial charge in [-0.1, -0.05) is 29.8 Å². The van der Waals surface area contributed by atoms with E-state index in [1.807, 2.05) is 19.1 Å². The van der Waals surface area contributed by atoms with Crippen molar-refractivity contribution in [2.24, 2.45) is 0 Å². The molecule has 1 fully saturated rings. The molecule has 7 nitrogen and oxygen atoms in total. The Morgan fingerprint density at radius 1 is 0.926 bits per heavy atom. The molecular weight excluding hydrogens is 344 g/mol. The van der Waals surface area contributed by atoms with Crippen molar-refractivity contribution in [3.8, 4) is 0 Å². The van der Waals surface area contributed by atoms with Crippen LogP contribution in [0.5, 0.6) is 0 Å². The Bertz CT molecular complexity index is 813. The van der Waals surface area contributed by atoms with Gasteiger partial charge in [0.25, 0.3) is 5.91 Å². The summed E-state index contributed by atoms with van der Waals surface area (Å²) in [5.41, 5.74) is 2.03. The Labute approximate surface area is 158 Å². The first-order valence-electron chi connectivity index (χ1n) is 8.97. The quantitative estimate of drug-likeness (QED) is 0.753. The minimum Gasteiger partial charge on any atom is -0.339 e. The third kappa shape index (κ3) is 4.75. The first-order chi connectivity index (χ1) is 13.0. The highest BCUT2D eigenvalue weighted by molar-refractivity contribution is 5.98. The second-order valence-corrected chi connectivity index (χ2v) is 6.55. The number of nitrogens with zero attached hydrogens (tertiary/aromatic N) is 4. The topological polar surface area (TPSA) is 83.5 Å². The molecule has 0 atom stereocenters. The second-order valence-electron chi connectivity index (χ2n) is 6.55. The molecule has 1 aromatic carbocycles. The van der Waals surface area contributed by atoms with Crippen molar-refractivity contribution in [3.63, 3.8) is 0 Å². The average molecular weight is 366 g/mol. The number of carbonyl (C=O) groups excluding carboxylic acids is 3. The minimum atomic E-state index is -0.176. The normalized spacial score (nSPS) is 14.1. The third-order valence-electron chi connectivity index (χ3n) is 4.64. The molecule has 2 aromatic rings. The van der Waals surface area contributed by atoms with E-state index in [0.29, 0.717) is 37.4 Å². The summed E-state index contributed by atoms with van der Waals surface area (Å²) < 4.78 is 0. The lowest BCUT2D eigenvalue weighted by Crippen LogP contribution is -2.50. The van der Waals surface area contributed by atoms with Crippen molar-refractivity contribution >= 4 is 17.6 Å². The van der Waals surface area contributed by atoms with Gasteiger partial charge in [-0.15, -0.1) is 0 Å². The summed E-state index contributed by atoms with van der Waals surface area (Å²) in [5, 5.41) is 0. The molecule has 0 saturated carbocycles. The zero-order valence-electron chi connectivity index (χ0n) is 15.3. The summed E-state index contributed by atoms with van der Waals surface area (Å²) in [6.07, 6.45) is 4.82. The smallest absolute Gasteiger partial charge is 0.274 e. The maximum absolute atomic E-state index is 12.4. The van der Waals surface area contributed by atoms with Gasteiger partial charge in [-0.3, -0.25) is 19.4 Å². The fraction of sp³-hybridized carbons (Fsp3) is 0.350. The average Bonchev–Trinajstić information content (AvgIpc) is 2.72. The molecule has 0 unspecified atom stereocenters. The van der Waals surface area contributed by atoms with Gasteiger partial charge in [0.2, 0.25) is 5.91 Å². The van der Waals surface area contributed by atoms with Gasteiger partial charge in [-0.2, -0.15) is 0 Å². The van der Waals surface area contributed by atoms with Gasteiger partial charge in [0.05, 0.1) is 6.20 Å². The van der Waals surface area contributed by atoms with Crippen molar-refractivity contribution < 1.29 is 14.4 Å². The summed E-state index contributed by atoms with van der Waals surface area (Å²) in [6, 6.07) is 7.36. The van der Waals surface area contributed by atoms with Crippen molar-refractivity contribution in [3.05, 3.63) is 59.7 Å². The molecule has 140 valence electrons. The van der Waals surface area contributed by atoms with Crippen LogP contribution in [0.4, 0.5) is 0 Å².